The average molecular weight is 284 g/mol. The third-order valence-electron chi connectivity index (χ3n) is 3.28. The maximum Gasteiger partial charge on any atom is 0.118 e. The van der Waals surface area contributed by atoms with Crippen LogP contribution in [0.5, 0.6) is 5.75 Å². The number of hydrogen-bond donors (Lipinski definition) is 1. The summed E-state index contributed by atoms with van der Waals surface area (Å²) >= 11 is 1.71. The predicted molar refractivity (Wildman–Crippen MR) is 83.2 cm³/mol. The summed E-state index contributed by atoms with van der Waals surface area (Å²) in [6.45, 7) is 0. The van der Waals surface area contributed by atoms with Crippen molar-refractivity contribution in [3.05, 3.63) is 59.1 Å². The summed E-state index contributed by atoms with van der Waals surface area (Å²) in [4.78, 5) is 4.63. The molecule has 0 saturated heterocycles. The summed E-state index contributed by atoms with van der Waals surface area (Å²) in [5.41, 5.74) is 8.42. The van der Waals surface area contributed by atoms with Gasteiger partial charge in [-0.15, -0.1) is 11.3 Å². The van der Waals surface area contributed by atoms with Gasteiger partial charge in [0, 0.05) is 12.5 Å². The Morgan fingerprint density at radius 1 is 1.15 bits per heavy atom. The zero-order valence-corrected chi connectivity index (χ0v) is 12.1. The molecule has 0 fully saturated rings. The molecule has 3 aromatic rings. The highest BCUT2D eigenvalue weighted by Gasteiger charge is 2.11. The van der Waals surface area contributed by atoms with Crippen molar-refractivity contribution in [1.82, 2.24) is 4.98 Å². The van der Waals surface area contributed by atoms with Crippen LogP contribution in [0.4, 0.5) is 0 Å². The van der Waals surface area contributed by atoms with Crippen molar-refractivity contribution in [2.75, 3.05) is 7.11 Å². The molecule has 20 heavy (non-hydrogen) atoms. The smallest absolute Gasteiger partial charge is 0.118 e. The van der Waals surface area contributed by atoms with Crippen LogP contribution in [0.25, 0.3) is 10.2 Å². The van der Waals surface area contributed by atoms with Crippen LogP contribution in [-0.2, 0) is 6.42 Å². The largest absolute Gasteiger partial charge is 0.497 e. The Hall–Kier alpha value is -1.91. The fraction of sp³-hybridized carbons (Fsp3) is 0.188. The van der Waals surface area contributed by atoms with Crippen LogP contribution in [0.3, 0.4) is 0 Å². The van der Waals surface area contributed by atoms with Gasteiger partial charge in [-0.3, -0.25) is 0 Å². The lowest BCUT2D eigenvalue weighted by molar-refractivity contribution is 0.414. The van der Waals surface area contributed by atoms with Crippen molar-refractivity contribution in [2.24, 2.45) is 5.73 Å². The molecule has 0 spiro atoms. The van der Waals surface area contributed by atoms with Crippen LogP contribution in [0.2, 0.25) is 0 Å². The molecule has 0 saturated carbocycles. The zero-order chi connectivity index (χ0) is 13.9. The number of rotatable bonds is 4. The average Bonchev–Trinajstić information content (AvgIpc) is 2.89. The first-order valence-corrected chi connectivity index (χ1v) is 7.32. The summed E-state index contributed by atoms with van der Waals surface area (Å²) in [5.74, 6) is 0.848. The van der Waals surface area contributed by atoms with Crippen molar-refractivity contribution in [3.8, 4) is 5.75 Å². The number of nitrogens with zero attached hydrogens (tertiary/aromatic N) is 1. The Kier molecular flexibility index (Phi) is 3.67. The van der Waals surface area contributed by atoms with Gasteiger partial charge < -0.3 is 10.5 Å². The number of ether oxygens (including phenoxy) is 1. The van der Waals surface area contributed by atoms with Gasteiger partial charge in [-0.2, -0.15) is 0 Å². The van der Waals surface area contributed by atoms with Crippen LogP contribution in [0.15, 0.2) is 48.5 Å². The molecular formula is C16H16N2OS. The second-order valence-corrected chi connectivity index (χ2v) is 5.77. The van der Waals surface area contributed by atoms with Gasteiger partial charge in [-0.1, -0.05) is 24.3 Å². The molecule has 1 heterocycles. The van der Waals surface area contributed by atoms with E-state index in [2.05, 4.69) is 11.1 Å². The lowest BCUT2D eigenvalue weighted by atomic mass is 10.1. The van der Waals surface area contributed by atoms with E-state index in [0.717, 1.165) is 28.3 Å². The molecule has 102 valence electrons. The van der Waals surface area contributed by atoms with Crippen molar-refractivity contribution in [3.63, 3.8) is 0 Å². The third-order valence-corrected chi connectivity index (χ3v) is 4.34. The molecule has 2 aromatic carbocycles. The SMILES string of the molecule is COc1ccc(C(N)Cc2nc3ccccc3s2)cc1. The van der Waals surface area contributed by atoms with Gasteiger partial charge in [-0.25, -0.2) is 4.98 Å². The Morgan fingerprint density at radius 2 is 1.90 bits per heavy atom. The van der Waals surface area contributed by atoms with Gasteiger partial charge in [0.15, 0.2) is 0 Å². The van der Waals surface area contributed by atoms with E-state index in [1.807, 2.05) is 42.5 Å². The summed E-state index contributed by atoms with van der Waals surface area (Å²) in [5, 5.41) is 1.08. The highest BCUT2D eigenvalue weighted by atomic mass is 32.1. The van der Waals surface area contributed by atoms with Crippen molar-refractivity contribution < 1.29 is 4.74 Å². The van der Waals surface area contributed by atoms with Crippen LogP contribution >= 0.6 is 11.3 Å². The maximum absolute atomic E-state index is 6.27. The van der Waals surface area contributed by atoms with E-state index in [-0.39, 0.29) is 6.04 Å². The normalized spacial score (nSPS) is 12.5. The fourth-order valence-electron chi connectivity index (χ4n) is 2.16. The van der Waals surface area contributed by atoms with E-state index >= 15 is 0 Å². The summed E-state index contributed by atoms with van der Waals surface area (Å²) in [6, 6.07) is 16.0. The zero-order valence-electron chi connectivity index (χ0n) is 11.2. The molecular weight excluding hydrogens is 268 g/mol. The minimum Gasteiger partial charge on any atom is -0.497 e. The molecule has 0 aliphatic rings. The first kappa shape index (κ1) is 13.1. The molecule has 0 bridgehead atoms. The monoisotopic (exact) mass is 284 g/mol. The molecule has 1 unspecified atom stereocenters. The van der Waals surface area contributed by atoms with Crippen LogP contribution in [0, 0.1) is 0 Å². The minimum atomic E-state index is -0.0403. The molecule has 1 aromatic heterocycles. The molecule has 2 N–H and O–H groups in total. The van der Waals surface area contributed by atoms with Crippen LogP contribution < -0.4 is 10.5 Å². The lowest BCUT2D eigenvalue weighted by Gasteiger charge is -2.10. The van der Waals surface area contributed by atoms with Crippen molar-refractivity contribution in [2.45, 2.75) is 12.5 Å². The summed E-state index contributed by atoms with van der Waals surface area (Å²) < 4.78 is 6.37. The van der Waals surface area contributed by atoms with E-state index < -0.39 is 0 Å². The van der Waals surface area contributed by atoms with E-state index in [1.54, 1.807) is 18.4 Å². The first-order valence-electron chi connectivity index (χ1n) is 6.50. The van der Waals surface area contributed by atoms with Gasteiger partial charge in [0.1, 0.15) is 5.75 Å². The number of hydrogen-bond acceptors (Lipinski definition) is 4. The predicted octanol–water partition coefficient (Wildman–Crippen LogP) is 3.55. The number of para-hydroxylation sites is 1. The van der Waals surface area contributed by atoms with Crippen molar-refractivity contribution >= 4 is 21.6 Å². The molecule has 3 nitrogen and oxygen atoms in total. The number of fused-ring (bicyclic) bond motifs is 1. The molecule has 0 radical (unpaired) electrons. The molecule has 3 rings (SSSR count). The molecule has 0 aliphatic carbocycles. The van der Waals surface area contributed by atoms with Gasteiger partial charge in [0.25, 0.3) is 0 Å². The number of aromatic nitrogens is 1. The Labute approximate surface area is 122 Å². The molecule has 0 aliphatic heterocycles. The summed E-state index contributed by atoms with van der Waals surface area (Å²) in [6.07, 6.45) is 0.756. The maximum atomic E-state index is 6.27. The molecule has 1 atom stereocenters. The number of thiazole rings is 1. The fourth-order valence-corrected chi connectivity index (χ4v) is 3.19. The molecule has 0 amide bonds. The minimum absolute atomic E-state index is 0.0403. The Bertz CT molecular complexity index is 673. The summed E-state index contributed by atoms with van der Waals surface area (Å²) in [7, 11) is 1.66. The van der Waals surface area contributed by atoms with E-state index in [4.69, 9.17) is 10.5 Å². The number of nitrogens with two attached hydrogens (primary N) is 1. The highest BCUT2D eigenvalue weighted by Crippen LogP contribution is 2.25. The second kappa shape index (κ2) is 5.61. The van der Waals surface area contributed by atoms with Gasteiger partial charge in [0.05, 0.1) is 22.3 Å². The lowest BCUT2D eigenvalue weighted by Crippen LogP contribution is -2.13. The second-order valence-electron chi connectivity index (χ2n) is 4.66. The number of benzene rings is 2. The van der Waals surface area contributed by atoms with Gasteiger partial charge in [0.2, 0.25) is 0 Å². The Morgan fingerprint density at radius 3 is 2.60 bits per heavy atom. The van der Waals surface area contributed by atoms with Crippen LogP contribution in [0.1, 0.15) is 16.6 Å². The number of methoxy groups -OCH3 is 1. The van der Waals surface area contributed by atoms with Crippen molar-refractivity contribution in [1.29, 1.82) is 0 Å². The first-order chi connectivity index (χ1) is 9.76. The molecule has 4 heteroatoms. The van der Waals surface area contributed by atoms with Gasteiger partial charge in [-0.05, 0) is 29.8 Å². The van der Waals surface area contributed by atoms with E-state index in [1.165, 1.54) is 4.70 Å². The van der Waals surface area contributed by atoms with E-state index in [9.17, 15) is 0 Å². The van der Waals surface area contributed by atoms with Crippen LogP contribution in [-0.4, -0.2) is 12.1 Å². The van der Waals surface area contributed by atoms with Gasteiger partial charge >= 0.3 is 0 Å². The standard InChI is InChI=1S/C16H16N2OS/c1-19-12-8-6-11(7-9-12)13(17)10-16-18-14-4-2-3-5-15(14)20-16/h2-9,13H,10,17H2,1H3. The third kappa shape index (κ3) is 2.66. The topological polar surface area (TPSA) is 48.1 Å². The highest BCUT2D eigenvalue weighted by molar-refractivity contribution is 7.18. The van der Waals surface area contributed by atoms with E-state index in [0.29, 0.717) is 0 Å². The quantitative estimate of drug-likeness (QED) is 0.797. The Balaban J connectivity index is 1.78.